The van der Waals surface area contributed by atoms with Crippen molar-refractivity contribution < 1.29 is 49.3 Å². The lowest BCUT2D eigenvalue weighted by Gasteiger charge is -2.29. The fraction of sp³-hybridized carbons (Fsp3) is 0.297. The fourth-order valence-electron chi connectivity index (χ4n) is 5.73. The molecule has 5 rings (SSSR count). The van der Waals surface area contributed by atoms with Crippen LogP contribution in [-0.4, -0.2) is 6.61 Å². The van der Waals surface area contributed by atoms with Crippen LogP contribution in [0.3, 0.4) is 0 Å². The van der Waals surface area contributed by atoms with Crippen molar-refractivity contribution in [1.82, 2.24) is 0 Å². The van der Waals surface area contributed by atoms with Crippen LogP contribution in [0.25, 0.3) is 22.3 Å². The van der Waals surface area contributed by atoms with Gasteiger partial charge in [-0.1, -0.05) is 68.7 Å². The van der Waals surface area contributed by atoms with Gasteiger partial charge in [-0.2, -0.15) is 17.6 Å². The van der Waals surface area contributed by atoms with Crippen molar-refractivity contribution in [3.8, 4) is 33.8 Å². The lowest BCUT2D eigenvalue weighted by molar-refractivity contribution is -0.187. The molecule has 0 N–H and O–H groups in total. The van der Waals surface area contributed by atoms with Gasteiger partial charge in [-0.25, -0.2) is 17.6 Å². The molecule has 0 saturated carbocycles. The van der Waals surface area contributed by atoms with E-state index < -0.39 is 52.5 Å². The Morgan fingerprint density at radius 2 is 1.46 bits per heavy atom. The maximum Gasteiger partial charge on any atom is 0.429 e. The van der Waals surface area contributed by atoms with Crippen molar-refractivity contribution in [1.29, 1.82) is 0 Å². The molecule has 0 amide bonds. The van der Waals surface area contributed by atoms with E-state index in [-0.39, 0.29) is 35.6 Å². The van der Waals surface area contributed by atoms with Crippen LogP contribution in [0.15, 0.2) is 85.1 Å². The molecule has 2 atom stereocenters. The molecule has 0 bridgehead atoms. The summed E-state index contributed by atoms with van der Waals surface area (Å²) < 4.78 is 127. The third kappa shape index (κ3) is 8.36. The van der Waals surface area contributed by atoms with Gasteiger partial charge in [-0.15, -0.1) is 0 Å². The molecule has 1 aliphatic rings. The van der Waals surface area contributed by atoms with Gasteiger partial charge >= 0.3 is 12.2 Å². The first-order valence-electron chi connectivity index (χ1n) is 15.5. The summed E-state index contributed by atoms with van der Waals surface area (Å²) in [5.74, 6) is -7.18. The van der Waals surface area contributed by atoms with Gasteiger partial charge in [0.1, 0.15) is 17.4 Å². The van der Waals surface area contributed by atoms with Crippen molar-refractivity contribution in [3.05, 3.63) is 120 Å². The molecule has 3 nitrogen and oxygen atoms in total. The minimum Gasteiger partial charge on any atom is -0.453 e. The summed E-state index contributed by atoms with van der Waals surface area (Å²) in [4.78, 5) is 0. The fourth-order valence-corrected chi connectivity index (χ4v) is 5.73. The minimum atomic E-state index is -4.43. The molecule has 48 heavy (non-hydrogen) atoms. The van der Waals surface area contributed by atoms with Crippen molar-refractivity contribution >= 4 is 0 Å². The van der Waals surface area contributed by atoms with E-state index in [1.165, 1.54) is 37.8 Å². The molecule has 4 aromatic carbocycles. The smallest absolute Gasteiger partial charge is 0.429 e. The van der Waals surface area contributed by atoms with Crippen LogP contribution in [0.4, 0.5) is 35.1 Å². The Balaban J connectivity index is 1.26. The second-order valence-electron chi connectivity index (χ2n) is 11.6. The molecule has 254 valence electrons. The SMILES string of the molecule is CCCCCC1CCC(c2ccc(-c3ccc(-c4ccc(C(F)(F)Oc5cc(F)c(OC=C(F)F)c(F)c5)c(F)c4)c(F)c3)cc2)OC1. The van der Waals surface area contributed by atoms with Crippen LogP contribution in [0.5, 0.6) is 11.5 Å². The maximum atomic E-state index is 15.3. The highest BCUT2D eigenvalue weighted by Crippen LogP contribution is 2.38. The lowest BCUT2D eigenvalue weighted by Crippen LogP contribution is -2.23. The average Bonchev–Trinajstić information content (AvgIpc) is 3.04. The molecule has 4 aromatic rings. The minimum absolute atomic E-state index is 0.0109. The highest BCUT2D eigenvalue weighted by Gasteiger charge is 2.38. The molecule has 0 radical (unpaired) electrons. The normalized spacial score (nSPS) is 16.4. The summed E-state index contributed by atoms with van der Waals surface area (Å²) in [6, 6.07) is 14.9. The van der Waals surface area contributed by atoms with Crippen LogP contribution in [-0.2, 0) is 10.8 Å². The first-order chi connectivity index (χ1) is 22.9. The van der Waals surface area contributed by atoms with E-state index in [0.717, 1.165) is 36.6 Å². The van der Waals surface area contributed by atoms with Gasteiger partial charge in [0, 0.05) is 17.7 Å². The van der Waals surface area contributed by atoms with Gasteiger partial charge in [-0.05, 0) is 65.6 Å². The van der Waals surface area contributed by atoms with E-state index in [1.807, 2.05) is 24.3 Å². The Morgan fingerprint density at radius 3 is 2.06 bits per heavy atom. The molecule has 1 aliphatic heterocycles. The number of hydrogen-bond donors (Lipinski definition) is 0. The number of hydrogen-bond acceptors (Lipinski definition) is 3. The molecule has 2 unspecified atom stereocenters. The molecule has 0 aliphatic carbocycles. The molecule has 1 saturated heterocycles. The zero-order valence-corrected chi connectivity index (χ0v) is 25.9. The standard InChI is InChI=1S/C37H32F8O3/c1-2-3-4-5-22-6-15-34(46-20-22)24-9-7-23(8-10-24)25-11-13-28(30(38)16-25)26-12-14-29(31(39)17-26)37(44,45)48-27-18-32(40)36(33(41)19-27)47-21-35(42)43/h7-14,16-19,21-22,34H,2-6,15,20H2,1H3. The summed E-state index contributed by atoms with van der Waals surface area (Å²) in [5.41, 5.74) is 0.966. The van der Waals surface area contributed by atoms with E-state index in [1.54, 1.807) is 6.07 Å². The average molecular weight is 677 g/mol. The molecule has 11 heteroatoms. The summed E-state index contributed by atoms with van der Waals surface area (Å²) in [6.45, 7) is 2.93. The molecular formula is C37H32F8O3. The third-order valence-corrected chi connectivity index (χ3v) is 8.25. The first-order valence-corrected chi connectivity index (χ1v) is 15.5. The Bertz CT molecular complexity index is 1720. The number of benzene rings is 4. The summed E-state index contributed by atoms with van der Waals surface area (Å²) in [5, 5.41) is 0. The Labute approximate surface area is 272 Å². The van der Waals surface area contributed by atoms with Crippen molar-refractivity contribution in [2.45, 2.75) is 57.7 Å². The van der Waals surface area contributed by atoms with Crippen LogP contribution in [0.2, 0.25) is 0 Å². The van der Waals surface area contributed by atoms with E-state index in [2.05, 4.69) is 16.4 Å². The zero-order chi connectivity index (χ0) is 34.4. The summed E-state index contributed by atoms with van der Waals surface area (Å²) in [7, 11) is 0. The first kappa shape index (κ1) is 34.9. The molecule has 0 aromatic heterocycles. The predicted molar refractivity (Wildman–Crippen MR) is 165 cm³/mol. The van der Waals surface area contributed by atoms with Crippen LogP contribution >= 0.6 is 0 Å². The summed E-state index contributed by atoms with van der Waals surface area (Å²) >= 11 is 0. The monoisotopic (exact) mass is 676 g/mol. The van der Waals surface area contributed by atoms with E-state index in [9.17, 15) is 30.7 Å². The molecule has 1 fully saturated rings. The van der Waals surface area contributed by atoms with Gasteiger partial charge in [0.25, 0.3) is 0 Å². The summed E-state index contributed by atoms with van der Waals surface area (Å²) in [6.07, 6.45) is -0.156. The van der Waals surface area contributed by atoms with Crippen molar-refractivity contribution in [2.75, 3.05) is 6.61 Å². The third-order valence-electron chi connectivity index (χ3n) is 8.25. The number of halogens is 8. The number of ether oxygens (including phenoxy) is 3. The van der Waals surface area contributed by atoms with E-state index in [0.29, 0.717) is 23.6 Å². The van der Waals surface area contributed by atoms with Crippen molar-refractivity contribution in [2.24, 2.45) is 5.92 Å². The Morgan fingerprint density at radius 1 is 0.792 bits per heavy atom. The topological polar surface area (TPSA) is 27.7 Å². The largest absolute Gasteiger partial charge is 0.453 e. The lowest BCUT2D eigenvalue weighted by atomic mass is 9.90. The Kier molecular flexibility index (Phi) is 11.1. The van der Waals surface area contributed by atoms with Crippen molar-refractivity contribution in [3.63, 3.8) is 0 Å². The zero-order valence-electron chi connectivity index (χ0n) is 25.9. The number of rotatable bonds is 12. The van der Waals surface area contributed by atoms with Crippen LogP contribution in [0.1, 0.15) is 62.7 Å². The van der Waals surface area contributed by atoms with Gasteiger partial charge in [-0.3, -0.25) is 0 Å². The maximum absolute atomic E-state index is 15.3. The van der Waals surface area contributed by atoms with E-state index in [4.69, 9.17) is 4.74 Å². The van der Waals surface area contributed by atoms with Gasteiger partial charge < -0.3 is 14.2 Å². The number of alkyl halides is 2. The highest BCUT2D eigenvalue weighted by atomic mass is 19.3. The molecule has 0 spiro atoms. The second-order valence-corrected chi connectivity index (χ2v) is 11.6. The number of unbranched alkanes of at least 4 members (excludes halogenated alkanes) is 2. The van der Waals surface area contributed by atoms with Gasteiger partial charge in [0.05, 0.1) is 18.3 Å². The van der Waals surface area contributed by atoms with E-state index >= 15 is 4.39 Å². The molecule has 1 heterocycles. The van der Waals surface area contributed by atoms with Gasteiger partial charge in [0.15, 0.2) is 23.6 Å². The quantitative estimate of drug-likeness (QED) is 0.0849. The second kappa shape index (κ2) is 15.2. The predicted octanol–water partition coefficient (Wildman–Crippen LogP) is 11.9. The van der Waals surface area contributed by atoms with Gasteiger partial charge in [0.2, 0.25) is 0 Å². The Hall–Kier alpha value is -4.38. The highest BCUT2D eigenvalue weighted by molar-refractivity contribution is 5.71. The molecular weight excluding hydrogens is 644 g/mol. The van der Waals surface area contributed by atoms with Crippen LogP contribution < -0.4 is 9.47 Å². The van der Waals surface area contributed by atoms with Crippen LogP contribution in [0, 0.1) is 29.2 Å².